The molecule has 2 heterocycles. The van der Waals surface area contributed by atoms with Gasteiger partial charge in [-0.25, -0.2) is 13.2 Å². The Bertz CT molecular complexity index is 917. The van der Waals surface area contributed by atoms with E-state index in [9.17, 15) is 18.0 Å². The zero-order chi connectivity index (χ0) is 21.8. The third kappa shape index (κ3) is 5.75. The summed E-state index contributed by atoms with van der Waals surface area (Å²) in [5, 5.41) is 2.24. The highest BCUT2D eigenvalue weighted by molar-refractivity contribution is 7.89. The molecule has 0 aromatic heterocycles. The Morgan fingerprint density at radius 1 is 1.16 bits per heavy atom. The number of urea groups is 1. The van der Waals surface area contributed by atoms with Crippen LogP contribution in [-0.2, 0) is 19.6 Å². The molecule has 1 aromatic carbocycles. The molecule has 0 bridgehead atoms. The zero-order valence-corrected chi connectivity index (χ0v) is 18.3. The fourth-order valence-corrected chi connectivity index (χ4v) is 5.35. The van der Waals surface area contributed by atoms with Gasteiger partial charge in [0.15, 0.2) is 0 Å². The van der Waals surface area contributed by atoms with Crippen molar-refractivity contribution in [1.82, 2.24) is 14.5 Å². The van der Waals surface area contributed by atoms with Crippen molar-refractivity contribution in [3.8, 4) is 5.75 Å². The molecule has 0 radical (unpaired) electrons. The summed E-state index contributed by atoms with van der Waals surface area (Å²) in [5.41, 5.74) is 0. The third-order valence-electron chi connectivity index (χ3n) is 5.76. The zero-order valence-electron chi connectivity index (χ0n) is 17.5. The summed E-state index contributed by atoms with van der Waals surface area (Å²) in [5.74, 6) is 0.892. The van der Waals surface area contributed by atoms with Gasteiger partial charge in [-0.15, -0.1) is 0 Å². The first kappa shape index (κ1) is 22.0. The summed E-state index contributed by atoms with van der Waals surface area (Å²) in [6.45, 7) is 2.32. The lowest BCUT2D eigenvalue weighted by atomic mass is 10.1. The van der Waals surface area contributed by atoms with Crippen molar-refractivity contribution in [3.05, 3.63) is 24.3 Å². The van der Waals surface area contributed by atoms with Crippen molar-refractivity contribution in [3.63, 3.8) is 0 Å². The highest BCUT2D eigenvalue weighted by Gasteiger charge is 2.31. The number of carbonyl (C=O) groups is 2. The van der Waals surface area contributed by atoms with Crippen molar-refractivity contribution < 1.29 is 27.5 Å². The average Bonchev–Trinajstić information content (AvgIpc) is 3.53. The Balaban J connectivity index is 1.27. The highest BCUT2D eigenvalue weighted by Crippen LogP contribution is 2.30. The smallest absolute Gasteiger partial charge is 0.324 e. The molecule has 3 aliphatic rings. The second-order valence-electron chi connectivity index (χ2n) is 8.36. The van der Waals surface area contributed by atoms with Crippen molar-refractivity contribution in [2.45, 2.75) is 43.1 Å². The van der Waals surface area contributed by atoms with Crippen molar-refractivity contribution in [2.75, 3.05) is 39.4 Å². The van der Waals surface area contributed by atoms with Gasteiger partial charge in [0.2, 0.25) is 15.9 Å². The van der Waals surface area contributed by atoms with E-state index < -0.39 is 10.0 Å². The average molecular weight is 452 g/mol. The summed E-state index contributed by atoms with van der Waals surface area (Å²) >= 11 is 0. The lowest BCUT2D eigenvalue weighted by Crippen LogP contribution is -2.43. The minimum Gasteiger partial charge on any atom is -0.493 e. The number of nitrogens with one attached hydrogen (secondary N) is 1. The van der Waals surface area contributed by atoms with Gasteiger partial charge in [0, 0.05) is 32.3 Å². The standard InChI is InChI=1S/C21H29N3O6S/c25-20-14-23(21(26)22-20)9-3-11-29-18-5-2-10-24(13-18)31(27,28)19-6-1-4-17(12-19)30-15-16-7-8-16/h1,4,6,12,16,18H,2-3,5,7-11,13-15H2,(H,22,25,26)/t18-/m0/s1. The van der Waals surface area contributed by atoms with Gasteiger partial charge in [0.25, 0.3) is 0 Å². The number of nitrogens with zero attached hydrogens (tertiary/aromatic N) is 2. The first-order valence-corrected chi connectivity index (χ1v) is 12.3. The molecule has 1 aromatic rings. The Hall–Kier alpha value is -2.17. The number of piperidine rings is 1. The minimum atomic E-state index is -3.62. The van der Waals surface area contributed by atoms with E-state index in [2.05, 4.69) is 5.32 Å². The number of amides is 3. The predicted octanol–water partition coefficient (Wildman–Crippen LogP) is 1.59. The normalized spacial score (nSPS) is 22.6. The molecule has 2 saturated heterocycles. The van der Waals surface area contributed by atoms with Crippen LogP contribution in [0.25, 0.3) is 0 Å². The van der Waals surface area contributed by atoms with Gasteiger partial charge in [-0.3, -0.25) is 10.1 Å². The second-order valence-corrected chi connectivity index (χ2v) is 10.3. The Labute approximate surface area is 182 Å². The van der Waals surface area contributed by atoms with Crippen LogP contribution in [0.15, 0.2) is 29.2 Å². The van der Waals surface area contributed by atoms with E-state index in [-0.39, 0.29) is 29.5 Å². The number of sulfonamides is 1. The van der Waals surface area contributed by atoms with Crippen molar-refractivity contribution in [1.29, 1.82) is 0 Å². The van der Waals surface area contributed by atoms with Gasteiger partial charge in [-0.1, -0.05) is 6.07 Å². The van der Waals surface area contributed by atoms with Gasteiger partial charge in [-0.05, 0) is 50.2 Å². The van der Waals surface area contributed by atoms with E-state index in [4.69, 9.17) is 9.47 Å². The minimum absolute atomic E-state index is 0.0811. The molecule has 2 aliphatic heterocycles. The second kappa shape index (κ2) is 9.54. The fraction of sp³-hybridized carbons (Fsp3) is 0.619. The molecule has 1 saturated carbocycles. The third-order valence-corrected chi connectivity index (χ3v) is 7.62. The van der Waals surface area contributed by atoms with E-state index in [0.29, 0.717) is 50.9 Å². The number of hydrogen-bond acceptors (Lipinski definition) is 6. The summed E-state index contributed by atoms with van der Waals surface area (Å²) in [4.78, 5) is 24.4. The molecule has 1 N–H and O–H groups in total. The molecule has 1 aliphatic carbocycles. The summed E-state index contributed by atoms with van der Waals surface area (Å²) < 4.78 is 39.4. The largest absolute Gasteiger partial charge is 0.493 e. The molecule has 0 spiro atoms. The molecule has 31 heavy (non-hydrogen) atoms. The first-order valence-electron chi connectivity index (χ1n) is 10.9. The van der Waals surface area contributed by atoms with Gasteiger partial charge >= 0.3 is 6.03 Å². The number of ether oxygens (including phenoxy) is 2. The van der Waals surface area contributed by atoms with Crippen LogP contribution in [-0.4, -0.2) is 75.1 Å². The monoisotopic (exact) mass is 451 g/mol. The Morgan fingerprint density at radius 3 is 2.74 bits per heavy atom. The van der Waals surface area contributed by atoms with Crippen molar-refractivity contribution >= 4 is 22.0 Å². The lowest BCUT2D eigenvalue weighted by molar-refractivity contribution is -0.118. The van der Waals surface area contributed by atoms with Crippen LogP contribution >= 0.6 is 0 Å². The maximum atomic E-state index is 13.1. The fourth-order valence-electron chi connectivity index (χ4n) is 3.80. The molecule has 1 atom stereocenters. The molecular weight excluding hydrogens is 422 g/mol. The molecule has 3 fully saturated rings. The number of benzene rings is 1. The Morgan fingerprint density at radius 2 is 2.00 bits per heavy atom. The van der Waals surface area contributed by atoms with Gasteiger partial charge in [0.05, 0.1) is 17.6 Å². The summed E-state index contributed by atoms with van der Waals surface area (Å²) in [7, 11) is -3.62. The quantitative estimate of drug-likeness (QED) is 0.428. The van der Waals surface area contributed by atoms with E-state index >= 15 is 0 Å². The van der Waals surface area contributed by atoms with Crippen molar-refractivity contribution in [2.24, 2.45) is 5.92 Å². The van der Waals surface area contributed by atoms with Gasteiger partial charge < -0.3 is 14.4 Å². The number of hydrogen-bond donors (Lipinski definition) is 1. The van der Waals surface area contributed by atoms with Crippen LogP contribution in [0.4, 0.5) is 4.79 Å². The van der Waals surface area contributed by atoms with Crippen LogP contribution in [0.5, 0.6) is 5.75 Å². The lowest BCUT2D eigenvalue weighted by Gasteiger charge is -2.32. The first-order chi connectivity index (χ1) is 14.9. The number of carbonyl (C=O) groups excluding carboxylic acids is 2. The topological polar surface area (TPSA) is 105 Å². The van der Waals surface area contributed by atoms with Crippen LogP contribution in [0.1, 0.15) is 32.1 Å². The molecular formula is C21H29N3O6S. The van der Waals surface area contributed by atoms with Crippen LogP contribution in [0, 0.1) is 5.92 Å². The van der Waals surface area contributed by atoms with Crippen LogP contribution in [0.3, 0.4) is 0 Å². The molecule has 10 heteroatoms. The van der Waals surface area contributed by atoms with E-state index in [1.54, 1.807) is 24.3 Å². The molecule has 170 valence electrons. The predicted molar refractivity (Wildman–Crippen MR) is 112 cm³/mol. The number of rotatable bonds is 10. The molecule has 3 amide bonds. The molecule has 9 nitrogen and oxygen atoms in total. The van der Waals surface area contributed by atoms with E-state index in [1.165, 1.54) is 22.0 Å². The molecule has 0 unspecified atom stereocenters. The summed E-state index contributed by atoms with van der Waals surface area (Å²) in [6, 6.07) is 6.34. The van der Waals surface area contributed by atoms with E-state index in [1.807, 2.05) is 0 Å². The Kier molecular flexibility index (Phi) is 6.78. The SMILES string of the molecule is O=C1CN(CCCO[C@H]2CCCN(S(=O)(=O)c3cccc(OCC4CC4)c3)C2)C(=O)N1. The van der Waals surface area contributed by atoms with Gasteiger partial charge in [0.1, 0.15) is 12.3 Å². The number of imide groups is 1. The molecule has 4 rings (SSSR count). The maximum absolute atomic E-state index is 13.1. The maximum Gasteiger partial charge on any atom is 0.324 e. The van der Waals surface area contributed by atoms with Crippen LogP contribution < -0.4 is 10.1 Å². The van der Waals surface area contributed by atoms with Gasteiger partial charge in [-0.2, -0.15) is 4.31 Å². The highest BCUT2D eigenvalue weighted by atomic mass is 32.2. The summed E-state index contributed by atoms with van der Waals surface area (Å²) in [6.07, 6.45) is 4.27. The van der Waals surface area contributed by atoms with Crippen LogP contribution in [0.2, 0.25) is 0 Å². The van der Waals surface area contributed by atoms with E-state index in [0.717, 1.165) is 12.8 Å².